The number of ether oxygens (including phenoxy) is 3. The maximum Gasteiger partial charge on any atom is 0.338 e. The third kappa shape index (κ3) is 5.83. The number of primary amides is 1. The summed E-state index contributed by atoms with van der Waals surface area (Å²) in [6, 6.07) is 11.8. The number of amides is 2. The normalized spacial score (nSPS) is 17.1. The molecule has 1 atom stereocenters. The Morgan fingerprint density at radius 3 is 2.42 bits per heavy atom. The molecule has 2 aromatic rings. The lowest BCUT2D eigenvalue weighted by Gasteiger charge is -2.31. The summed E-state index contributed by atoms with van der Waals surface area (Å²) >= 11 is 1.13. The molecule has 1 aliphatic rings. The molecule has 0 aliphatic carbocycles. The first-order valence-corrected chi connectivity index (χ1v) is 11.1. The molecule has 9 nitrogen and oxygen atoms in total. The van der Waals surface area contributed by atoms with Crippen LogP contribution in [-0.2, 0) is 20.9 Å². The van der Waals surface area contributed by atoms with Crippen LogP contribution in [0.1, 0.15) is 29.3 Å². The first-order valence-electron chi connectivity index (χ1n) is 10.2. The van der Waals surface area contributed by atoms with E-state index in [1.807, 2.05) is 6.07 Å². The van der Waals surface area contributed by atoms with Crippen molar-refractivity contribution < 1.29 is 28.6 Å². The molecule has 33 heavy (non-hydrogen) atoms. The van der Waals surface area contributed by atoms with E-state index in [9.17, 15) is 14.4 Å². The van der Waals surface area contributed by atoms with Gasteiger partial charge in [0.1, 0.15) is 0 Å². The molecule has 1 aliphatic heterocycles. The number of methoxy groups -OCH3 is 2. The predicted molar refractivity (Wildman–Crippen MR) is 125 cm³/mol. The molecular weight excluding hydrogens is 446 g/mol. The van der Waals surface area contributed by atoms with E-state index in [1.54, 1.807) is 50.4 Å². The van der Waals surface area contributed by atoms with E-state index in [2.05, 4.69) is 4.99 Å². The average Bonchev–Trinajstić information content (AvgIpc) is 2.81. The molecule has 1 heterocycles. The highest BCUT2D eigenvalue weighted by atomic mass is 32.2. The van der Waals surface area contributed by atoms with Gasteiger partial charge < -0.3 is 19.9 Å². The Hall–Kier alpha value is -3.53. The van der Waals surface area contributed by atoms with Crippen LogP contribution in [0.25, 0.3) is 0 Å². The van der Waals surface area contributed by atoms with Crippen LogP contribution in [-0.4, -0.2) is 53.9 Å². The van der Waals surface area contributed by atoms with E-state index in [4.69, 9.17) is 19.9 Å². The summed E-state index contributed by atoms with van der Waals surface area (Å²) in [6.45, 7) is 2.23. The molecule has 0 radical (unpaired) electrons. The van der Waals surface area contributed by atoms with Crippen molar-refractivity contribution in [2.24, 2.45) is 10.7 Å². The molecule has 0 spiro atoms. The highest BCUT2D eigenvalue weighted by molar-refractivity contribution is 8.15. The van der Waals surface area contributed by atoms with E-state index in [0.717, 1.165) is 17.3 Å². The molecule has 0 saturated carbocycles. The van der Waals surface area contributed by atoms with Crippen LogP contribution in [0.15, 0.2) is 47.5 Å². The molecule has 10 heteroatoms. The first-order chi connectivity index (χ1) is 15.9. The monoisotopic (exact) mass is 471 g/mol. The lowest BCUT2D eigenvalue weighted by molar-refractivity contribution is -0.130. The summed E-state index contributed by atoms with van der Waals surface area (Å²) < 4.78 is 15.6. The van der Waals surface area contributed by atoms with Crippen molar-refractivity contribution in [2.75, 3.05) is 20.8 Å². The molecule has 0 bridgehead atoms. The smallest absolute Gasteiger partial charge is 0.338 e. The van der Waals surface area contributed by atoms with Crippen molar-refractivity contribution in [3.63, 3.8) is 0 Å². The number of nitrogens with zero attached hydrogens (tertiary/aromatic N) is 2. The van der Waals surface area contributed by atoms with Crippen LogP contribution >= 0.6 is 11.8 Å². The Bertz CT molecular complexity index is 1070. The summed E-state index contributed by atoms with van der Waals surface area (Å²) in [5, 5.41) is -0.370. The molecular formula is C23H25N3O6S. The number of benzene rings is 2. The fraction of sp³-hybridized carbons (Fsp3) is 0.304. The number of nitrogens with two attached hydrogens (primary N) is 1. The van der Waals surface area contributed by atoms with Crippen LogP contribution in [0.4, 0.5) is 5.69 Å². The van der Waals surface area contributed by atoms with Gasteiger partial charge in [0.25, 0.3) is 0 Å². The molecule has 0 aromatic heterocycles. The number of rotatable bonds is 8. The second-order valence-electron chi connectivity index (χ2n) is 7.04. The maximum atomic E-state index is 12.9. The van der Waals surface area contributed by atoms with Crippen molar-refractivity contribution in [2.45, 2.75) is 25.1 Å². The van der Waals surface area contributed by atoms with Gasteiger partial charge in [-0.3, -0.25) is 14.5 Å². The minimum atomic E-state index is -0.711. The zero-order chi connectivity index (χ0) is 24.0. The number of carbonyl (C=O) groups excluding carboxylic acids is 3. The lowest BCUT2D eigenvalue weighted by Crippen LogP contribution is -2.45. The van der Waals surface area contributed by atoms with Gasteiger partial charge in [0, 0.05) is 6.42 Å². The Morgan fingerprint density at radius 1 is 1.12 bits per heavy atom. The number of thioether (sulfide) groups is 1. The molecule has 2 aromatic carbocycles. The van der Waals surface area contributed by atoms with Crippen LogP contribution in [0.2, 0.25) is 0 Å². The topological polar surface area (TPSA) is 121 Å². The molecule has 1 unspecified atom stereocenters. The minimum Gasteiger partial charge on any atom is -0.493 e. The van der Waals surface area contributed by atoms with Crippen LogP contribution in [0.3, 0.4) is 0 Å². The largest absolute Gasteiger partial charge is 0.493 e. The van der Waals surface area contributed by atoms with Crippen molar-refractivity contribution in [1.82, 2.24) is 4.90 Å². The van der Waals surface area contributed by atoms with Crippen LogP contribution in [0, 0.1) is 0 Å². The van der Waals surface area contributed by atoms with E-state index >= 15 is 0 Å². The number of carbonyl (C=O) groups is 3. The van der Waals surface area contributed by atoms with E-state index < -0.39 is 17.1 Å². The summed E-state index contributed by atoms with van der Waals surface area (Å²) in [4.78, 5) is 42.7. The number of hydrogen-bond donors (Lipinski definition) is 1. The quantitative estimate of drug-likeness (QED) is 0.588. The molecule has 1 fully saturated rings. The second-order valence-corrected chi connectivity index (χ2v) is 8.21. The van der Waals surface area contributed by atoms with Gasteiger partial charge in [-0.15, -0.1) is 0 Å². The molecule has 2 amide bonds. The van der Waals surface area contributed by atoms with Crippen molar-refractivity contribution in [3.8, 4) is 11.5 Å². The van der Waals surface area contributed by atoms with Crippen LogP contribution < -0.4 is 15.2 Å². The van der Waals surface area contributed by atoms with E-state index in [1.165, 1.54) is 12.0 Å². The number of esters is 1. The standard InChI is InChI=1S/C23H25N3O6S/c1-4-32-22(29)15-6-8-16(9-7-15)25-23-26(20(27)12-19(33-23)21(24)28)13-14-5-10-17(30-2)18(11-14)31-3/h5-11,19H,4,12-13H2,1-3H3,(H2,24,28). The Balaban J connectivity index is 1.91. The fourth-order valence-electron chi connectivity index (χ4n) is 3.17. The second kappa shape index (κ2) is 10.9. The Morgan fingerprint density at radius 2 is 1.82 bits per heavy atom. The zero-order valence-corrected chi connectivity index (χ0v) is 19.4. The van der Waals surface area contributed by atoms with Gasteiger partial charge in [-0.1, -0.05) is 17.8 Å². The third-order valence-corrected chi connectivity index (χ3v) is 6.05. The highest BCUT2D eigenvalue weighted by Gasteiger charge is 2.35. The van der Waals surface area contributed by atoms with Gasteiger partial charge >= 0.3 is 5.97 Å². The number of aliphatic imine (C=N–C) groups is 1. The average molecular weight is 472 g/mol. The van der Waals surface area contributed by atoms with E-state index in [-0.39, 0.29) is 25.5 Å². The van der Waals surface area contributed by atoms with Crippen molar-refractivity contribution >= 4 is 40.4 Å². The van der Waals surface area contributed by atoms with Crippen molar-refractivity contribution in [1.29, 1.82) is 0 Å². The number of amidine groups is 1. The molecule has 2 N–H and O–H groups in total. The van der Waals surface area contributed by atoms with Gasteiger partial charge in [-0.25, -0.2) is 9.79 Å². The van der Waals surface area contributed by atoms with Gasteiger partial charge in [-0.2, -0.15) is 0 Å². The maximum absolute atomic E-state index is 12.9. The van der Waals surface area contributed by atoms with Gasteiger partial charge in [0.05, 0.1) is 43.9 Å². The van der Waals surface area contributed by atoms with Gasteiger partial charge in [-0.05, 0) is 48.9 Å². The number of hydrogen-bond acceptors (Lipinski definition) is 8. The zero-order valence-electron chi connectivity index (χ0n) is 18.6. The summed E-state index contributed by atoms with van der Waals surface area (Å²) in [6.07, 6.45) is -0.0197. The predicted octanol–water partition coefficient (Wildman–Crippen LogP) is 2.89. The third-order valence-electron chi connectivity index (χ3n) is 4.85. The minimum absolute atomic E-state index is 0.0197. The first kappa shape index (κ1) is 24.1. The summed E-state index contributed by atoms with van der Waals surface area (Å²) in [5.41, 5.74) is 7.17. The van der Waals surface area contributed by atoms with Crippen molar-refractivity contribution in [3.05, 3.63) is 53.6 Å². The highest BCUT2D eigenvalue weighted by Crippen LogP contribution is 2.32. The van der Waals surface area contributed by atoms with Gasteiger partial charge in [0.15, 0.2) is 16.7 Å². The summed E-state index contributed by atoms with van der Waals surface area (Å²) in [7, 11) is 3.08. The summed E-state index contributed by atoms with van der Waals surface area (Å²) in [5.74, 6) is -0.165. The van der Waals surface area contributed by atoms with Gasteiger partial charge in [0.2, 0.25) is 11.8 Å². The van der Waals surface area contributed by atoms with E-state index in [0.29, 0.717) is 27.9 Å². The Labute approximate surface area is 195 Å². The fourth-order valence-corrected chi connectivity index (χ4v) is 4.22. The van der Waals surface area contributed by atoms with Crippen LogP contribution in [0.5, 0.6) is 11.5 Å². The molecule has 3 rings (SSSR count). The molecule has 1 saturated heterocycles. The molecule has 174 valence electrons. The Kier molecular flexibility index (Phi) is 7.94. The lowest BCUT2D eigenvalue weighted by atomic mass is 10.1. The SMILES string of the molecule is CCOC(=O)c1ccc(N=C2SC(C(N)=O)CC(=O)N2Cc2ccc(OC)c(OC)c2)cc1.